The lowest BCUT2D eigenvalue weighted by molar-refractivity contribution is -0.141. The van der Waals surface area contributed by atoms with E-state index in [2.05, 4.69) is 10.1 Å². The van der Waals surface area contributed by atoms with E-state index in [-0.39, 0.29) is 11.8 Å². The summed E-state index contributed by atoms with van der Waals surface area (Å²) in [6.45, 7) is 3.88. The second-order valence-electron chi connectivity index (χ2n) is 5.31. The van der Waals surface area contributed by atoms with Gasteiger partial charge in [-0.15, -0.1) is 0 Å². The summed E-state index contributed by atoms with van der Waals surface area (Å²) in [5.41, 5.74) is 1.03. The highest BCUT2D eigenvalue weighted by molar-refractivity contribution is 5.70. The number of carbonyl (C=O) groups is 1. The first-order valence-electron chi connectivity index (χ1n) is 6.86. The lowest BCUT2D eigenvalue weighted by atomic mass is 9.96. The van der Waals surface area contributed by atoms with Crippen molar-refractivity contribution in [3.05, 3.63) is 41.5 Å². The predicted octanol–water partition coefficient (Wildman–Crippen LogP) is 2.42. The highest BCUT2D eigenvalue weighted by Gasteiger charge is 2.32. The molecule has 21 heavy (non-hydrogen) atoms. The Hall–Kier alpha value is -2.37. The number of aliphatic carboxylic acids is 1. The fourth-order valence-corrected chi connectivity index (χ4v) is 2.38. The second kappa shape index (κ2) is 5.20. The Morgan fingerprint density at radius 2 is 2.14 bits per heavy atom. The zero-order chi connectivity index (χ0) is 15.0. The van der Waals surface area contributed by atoms with Crippen LogP contribution in [0.3, 0.4) is 0 Å². The Bertz CT molecular complexity index is 667. The van der Waals surface area contributed by atoms with Crippen LogP contribution in [0.5, 0.6) is 5.75 Å². The van der Waals surface area contributed by atoms with Gasteiger partial charge in [-0.3, -0.25) is 4.79 Å². The molecule has 3 unspecified atom stereocenters. The van der Waals surface area contributed by atoms with Gasteiger partial charge in [-0.25, -0.2) is 0 Å². The summed E-state index contributed by atoms with van der Waals surface area (Å²) in [5, 5.41) is 13.1. The van der Waals surface area contributed by atoms with Gasteiger partial charge in [0.05, 0.1) is 11.8 Å². The van der Waals surface area contributed by atoms with Gasteiger partial charge in [0.2, 0.25) is 5.89 Å². The molecular weight excluding hydrogens is 272 g/mol. The zero-order valence-corrected chi connectivity index (χ0v) is 11.8. The van der Waals surface area contributed by atoms with Crippen LogP contribution in [0.1, 0.15) is 43.0 Å². The van der Waals surface area contributed by atoms with Crippen molar-refractivity contribution in [1.29, 1.82) is 0 Å². The van der Waals surface area contributed by atoms with E-state index in [4.69, 9.17) is 14.4 Å². The zero-order valence-electron chi connectivity index (χ0n) is 11.8. The van der Waals surface area contributed by atoms with E-state index in [9.17, 15) is 4.79 Å². The molecule has 0 saturated heterocycles. The molecule has 0 bridgehead atoms. The lowest BCUT2D eigenvalue weighted by Gasteiger charge is -2.10. The van der Waals surface area contributed by atoms with Crippen LogP contribution in [0, 0.1) is 5.92 Å². The second-order valence-corrected chi connectivity index (χ2v) is 5.31. The van der Waals surface area contributed by atoms with Crippen LogP contribution in [0.25, 0.3) is 0 Å². The van der Waals surface area contributed by atoms with Gasteiger partial charge in [0.25, 0.3) is 0 Å². The van der Waals surface area contributed by atoms with Crippen molar-refractivity contribution in [2.24, 2.45) is 5.92 Å². The fraction of sp³-hybridized carbons (Fsp3) is 0.400. The molecular formula is C15H16N2O4. The maximum Gasteiger partial charge on any atom is 0.307 e. The van der Waals surface area contributed by atoms with E-state index in [1.807, 2.05) is 24.3 Å². The topological polar surface area (TPSA) is 85.5 Å². The molecule has 1 N–H and O–H groups in total. The van der Waals surface area contributed by atoms with Crippen LogP contribution in [0.15, 0.2) is 28.8 Å². The standard InChI is InChI=1S/C15H16N2O4/c1-8(9(2)15(18)19)14-16-13(17-21-14)11-7-20-12-6-4-3-5-10(11)12/h3-6,8-9,11H,7H2,1-2H3,(H,18,19). The molecule has 0 fully saturated rings. The van der Waals surface area contributed by atoms with Crippen LogP contribution >= 0.6 is 0 Å². The van der Waals surface area contributed by atoms with E-state index >= 15 is 0 Å². The molecule has 110 valence electrons. The summed E-state index contributed by atoms with van der Waals surface area (Å²) in [4.78, 5) is 15.4. The van der Waals surface area contributed by atoms with Crippen molar-refractivity contribution in [2.75, 3.05) is 6.61 Å². The minimum atomic E-state index is -0.878. The van der Waals surface area contributed by atoms with E-state index < -0.39 is 11.9 Å². The summed E-state index contributed by atoms with van der Waals surface area (Å²) in [6, 6.07) is 7.74. The van der Waals surface area contributed by atoms with Crippen LogP contribution in [-0.2, 0) is 4.79 Å². The molecule has 1 aliphatic rings. The highest BCUT2D eigenvalue weighted by Crippen LogP contribution is 2.37. The molecule has 0 radical (unpaired) electrons. The molecule has 2 heterocycles. The Labute approximate surface area is 121 Å². The van der Waals surface area contributed by atoms with Crippen LogP contribution in [0.2, 0.25) is 0 Å². The van der Waals surface area contributed by atoms with Gasteiger partial charge < -0.3 is 14.4 Å². The van der Waals surface area contributed by atoms with E-state index in [0.29, 0.717) is 18.3 Å². The SMILES string of the molecule is CC(C(=O)O)C(C)c1nc(C2COc3ccccc32)no1. The van der Waals surface area contributed by atoms with Gasteiger partial charge in [0, 0.05) is 11.5 Å². The average molecular weight is 288 g/mol. The molecule has 1 aliphatic heterocycles. The molecule has 0 aliphatic carbocycles. The van der Waals surface area contributed by atoms with Crippen molar-refractivity contribution in [2.45, 2.75) is 25.7 Å². The highest BCUT2D eigenvalue weighted by atomic mass is 16.5. The number of ether oxygens (including phenoxy) is 1. The molecule has 3 rings (SSSR count). The number of fused-ring (bicyclic) bond motifs is 1. The lowest BCUT2D eigenvalue weighted by Crippen LogP contribution is -2.17. The maximum atomic E-state index is 11.0. The average Bonchev–Trinajstić information content (AvgIpc) is 3.11. The fourth-order valence-electron chi connectivity index (χ4n) is 2.38. The van der Waals surface area contributed by atoms with Crippen LogP contribution < -0.4 is 4.74 Å². The molecule has 2 aromatic rings. The van der Waals surface area contributed by atoms with Crippen LogP contribution in [-0.4, -0.2) is 27.8 Å². The number of nitrogens with zero attached hydrogens (tertiary/aromatic N) is 2. The molecule has 6 nitrogen and oxygen atoms in total. The first-order valence-corrected chi connectivity index (χ1v) is 6.86. The number of aromatic nitrogens is 2. The van der Waals surface area contributed by atoms with Gasteiger partial charge in [-0.05, 0) is 6.07 Å². The Kier molecular flexibility index (Phi) is 3.37. The summed E-state index contributed by atoms with van der Waals surface area (Å²) in [5.74, 6) is -0.126. The number of rotatable bonds is 4. The quantitative estimate of drug-likeness (QED) is 0.929. The van der Waals surface area contributed by atoms with Crippen molar-refractivity contribution in [3.63, 3.8) is 0 Å². The first-order chi connectivity index (χ1) is 10.1. The van der Waals surface area contributed by atoms with Gasteiger partial charge in [-0.2, -0.15) is 4.98 Å². The molecule has 0 spiro atoms. The van der Waals surface area contributed by atoms with E-state index in [1.54, 1.807) is 13.8 Å². The minimum Gasteiger partial charge on any atom is -0.492 e. The number of benzene rings is 1. The van der Waals surface area contributed by atoms with Crippen molar-refractivity contribution < 1.29 is 19.2 Å². The molecule has 0 saturated carbocycles. The monoisotopic (exact) mass is 288 g/mol. The largest absolute Gasteiger partial charge is 0.492 e. The molecule has 0 amide bonds. The normalized spacial score (nSPS) is 19.6. The Morgan fingerprint density at radius 1 is 1.38 bits per heavy atom. The first kappa shape index (κ1) is 13.6. The Morgan fingerprint density at radius 3 is 2.90 bits per heavy atom. The van der Waals surface area contributed by atoms with Gasteiger partial charge in [0.15, 0.2) is 5.82 Å². The van der Waals surface area contributed by atoms with Crippen molar-refractivity contribution >= 4 is 5.97 Å². The molecule has 6 heteroatoms. The van der Waals surface area contributed by atoms with Crippen LogP contribution in [0.4, 0.5) is 0 Å². The summed E-state index contributed by atoms with van der Waals surface area (Å²) >= 11 is 0. The van der Waals surface area contributed by atoms with Crippen molar-refractivity contribution in [1.82, 2.24) is 10.1 Å². The van der Waals surface area contributed by atoms with E-state index in [1.165, 1.54) is 0 Å². The maximum absolute atomic E-state index is 11.0. The number of para-hydroxylation sites is 1. The summed E-state index contributed by atoms with van der Waals surface area (Å²) < 4.78 is 10.9. The van der Waals surface area contributed by atoms with E-state index in [0.717, 1.165) is 11.3 Å². The third kappa shape index (κ3) is 2.37. The number of hydrogen-bond donors (Lipinski definition) is 1. The third-order valence-electron chi connectivity index (χ3n) is 4.00. The smallest absolute Gasteiger partial charge is 0.307 e. The van der Waals surface area contributed by atoms with Gasteiger partial charge >= 0.3 is 5.97 Å². The summed E-state index contributed by atoms with van der Waals surface area (Å²) in [6.07, 6.45) is 0. The number of carboxylic acids is 1. The molecule has 1 aromatic carbocycles. The van der Waals surface area contributed by atoms with Crippen molar-refractivity contribution in [3.8, 4) is 5.75 Å². The summed E-state index contributed by atoms with van der Waals surface area (Å²) in [7, 11) is 0. The molecule has 3 atom stereocenters. The molecule has 1 aromatic heterocycles. The minimum absolute atomic E-state index is 0.0639. The number of hydrogen-bond acceptors (Lipinski definition) is 5. The van der Waals surface area contributed by atoms with Gasteiger partial charge in [0.1, 0.15) is 12.4 Å². The third-order valence-corrected chi connectivity index (χ3v) is 4.00. The Balaban J connectivity index is 1.85. The predicted molar refractivity (Wildman–Crippen MR) is 73.3 cm³/mol. The van der Waals surface area contributed by atoms with Gasteiger partial charge in [-0.1, -0.05) is 37.2 Å². The number of carboxylic acid groups (broad SMARTS) is 1.